The summed E-state index contributed by atoms with van der Waals surface area (Å²) in [7, 11) is -3.21. The van der Waals surface area contributed by atoms with E-state index in [-0.39, 0.29) is 12.3 Å². The van der Waals surface area contributed by atoms with Crippen LogP contribution in [0.3, 0.4) is 0 Å². The van der Waals surface area contributed by atoms with E-state index < -0.39 is 20.9 Å². The molecule has 0 radical (unpaired) electrons. The predicted molar refractivity (Wildman–Crippen MR) is 66.7 cm³/mol. The van der Waals surface area contributed by atoms with Crippen molar-refractivity contribution in [1.82, 2.24) is 0 Å². The molecule has 1 rings (SSSR count). The second-order valence-electron chi connectivity index (χ2n) is 4.20. The lowest BCUT2D eigenvalue weighted by atomic mass is 10.1. The molecule has 0 amide bonds. The summed E-state index contributed by atoms with van der Waals surface area (Å²) in [6.45, 7) is 3.69. The van der Waals surface area contributed by atoms with Crippen molar-refractivity contribution in [3.05, 3.63) is 35.1 Å². The molecule has 0 fully saturated rings. The van der Waals surface area contributed by atoms with E-state index in [2.05, 4.69) is 0 Å². The number of hydrogen-bond donors (Lipinski definition) is 1. The van der Waals surface area contributed by atoms with Gasteiger partial charge in [-0.2, -0.15) is 0 Å². The third-order valence-electron chi connectivity index (χ3n) is 2.81. The number of benzene rings is 1. The molecule has 2 N–H and O–H groups in total. The van der Waals surface area contributed by atoms with Gasteiger partial charge in [0.15, 0.2) is 9.84 Å². The Morgan fingerprint density at radius 1 is 1.29 bits per heavy atom. The average molecular weight is 259 g/mol. The highest BCUT2D eigenvalue weighted by Crippen LogP contribution is 2.16. The molecule has 0 saturated heterocycles. The van der Waals surface area contributed by atoms with Crippen LogP contribution in [0, 0.1) is 5.82 Å². The van der Waals surface area contributed by atoms with Crippen LogP contribution in [0.15, 0.2) is 18.2 Å². The summed E-state index contributed by atoms with van der Waals surface area (Å²) in [5.41, 5.74) is 6.50. The Morgan fingerprint density at radius 2 is 1.88 bits per heavy atom. The normalized spacial score (nSPS) is 13.6. The molecular weight excluding hydrogens is 241 g/mol. The summed E-state index contributed by atoms with van der Waals surface area (Å²) >= 11 is 0. The van der Waals surface area contributed by atoms with Crippen LogP contribution in [0.4, 0.5) is 4.39 Å². The van der Waals surface area contributed by atoms with E-state index in [1.807, 2.05) is 6.92 Å². The Morgan fingerprint density at radius 3 is 2.41 bits per heavy atom. The van der Waals surface area contributed by atoms with Gasteiger partial charge in [-0.25, -0.2) is 12.8 Å². The summed E-state index contributed by atoms with van der Waals surface area (Å²) in [5, 5.41) is -0.410. The first-order valence-electron chi connectivity index (χ1n) is 5.59. The minimum Gasteiger partial charge on any atom is -0.326 e. The van der Waals surface area contributed by atoms with E-state index in [0.717, 1.165) is 0 Å². The fourth-order valence-corrected chi connectivity index (χ4v) is 2.97. The molecule has 5 heteroatoms. The fourth-order valence-electron chi connectivity index (χ4n) is 1.55. The molecule has 0 aromatic heterocycles. The maximum atomic E-state index is 13.2. The van der Waals surface area contributed by atoms with Crippen molar-refractivity contribution in [3.63, 3.8) is 0 Å². The molecule has 0 aliphatic carbocycles. The lowest BCUT2D eigenvalue weighted by Crippen LogP contribution is -2.19. The lowest BCUT2D eigenvalue weighted by Gasteiger charge is -2.11. The number of nitrogens with two attached hydrogens (primary N) is 1. The van der Waals surface area contributed by atoms with Crippen LogP contribution in [-0.2, 0) is 22.1 Å². The topological polar surface area (TPSA) is 60.2 Å². The van der Waals surface area contributed by atoms with Crippen LogP contribution >= 0.6 is 0 Å². The summed E-state index contributed by atoms with van der Waals surface area (Å²) in [6.07, 6.45) is 0.557. The predicted octanol–water partition coefficient (Wildman–Crippen LogP) is 2.00. The highest BCUT2D eigenvalue weighted by Gasteiger charge is 2.19. The Balaban J connectivity index is 2.99. The molecule has 0 bridgehead atoms. The Labute approximate surface area is 102 Å². The van der Waals surface area contributed by atoms with Gasteiger partial charge in [0.25, 0.3) is 0 Å². The first-order chi connectivity index (χ1) is 7.89. The van der Waals surface area contributed by atoms with Crippen LogP contribution in [0.2, 0.25) is 0 Å². The van der Waals surface area contributed by atoms with Crippen molar-refractivity contribution < 1.29 is 12.8 Å². The van der Waals surface area contributed by atoms with Crippen molar-refractivity contribution in [2.24, 2.45) is 5.73 Å². The number of sulfone groups is 1. The van der Waals surface area contributed by atoms with Gasteiger partial charge in [0.2, 0.25) is 0 Å². The van der Waals surface area contributed by atoms with Gasteiger partial charge in [-0.15, -0.1) is 0 Å². The Bertz CT molecular complexity index is 485. The monoisotopic (exact) mass is 259 g/mol. The van der Waals surface area contributed by atoms with Crippen LogP contribution in [0.1, 0.15) is 31.4 Å². The molecule has 0 saturated carbocycles. The van der Waals surface area contributed by atoms with Crippen LogP contribution in [-0.4, -0.2) is 13.7 Å². The van der Waals surface area contributed by atoms with Gasteiger partial charge in [-0.1, -0.05) is 13.0 Å². The van der Waals surface area contributed by atoms with E-state index in [9.17, 15) is 12.8 Å². The van der Waals surface area contributed by atoms with Gasteiger partial charge in [0.1, 0.15) is 5.82 Å². The zero-order chi connectivity index (χ0) is 13.1. The highest BCUT2D eigenvalue weighted by molar-refractivity contribution is 7.91. The Kier molecular flexibility index (Phi) is 4.65. The summed E-state index contributed by atoms with van der Waals surface area (Å²) in [6, 6.07) is 4.21. The van der Waals surface area contributed by atoms with Gasteiger partial charge in [0, 0.05) is 6.54 Å². The third kappa shape index (κ3) is 3.78. The number of halogens is 1. The molecule has 0 aliphatic heterocycles. The van der Waals surface area contributed by atoms with Crippen molar-refractivity contribution in [1.29, 1.82) is 0 Å². The Hall–Kier alpha value is -0.940. The van der Waals surface area contributed by atoms with Gasteiger partial charge in [0.05, 0.1) is 11.0 Å². The smallest absolute Gasteiger partial charge is 0.157 e. The van der Waals surface area contributed by atoms with Crippen LogP contribution < -0.4 is 5.73 Å². The van der Waals surface area contributed by atoms with Crippen LogP contribution in [0.25, 0.3) is 0 Å². The molecule has 1 aromatic rings. The zero-order valence-corrected chi connectivity index (χ0v) is 10.9. The van der Waals surface area contributed by atoms with Gasteiger partial charge < -0.3 is 5.73 Å². The van der Waals surface area contributed by atoms with E-state index in [1.54, 1.807) is 13.0 Å². The van der Waals surface area contributed by atoms with E-state index in [0.29, 0.717) is 17.5 Å². The molecule has 3 nitrogen and oxygen atoms in total. The van der Waals surface area contributed by atoms with Gasteiger partial charge >= 0.3 is 0 Å². The van der Waals surface area contributed by atoms with Crippen LogP contribution in [0.5, 0.6) is 0 Å². The number of hydrogen-bond acceptors (Lipinski definition) is 3. The number of rotatable bonds is 5. The van der Waals surface area contributed by atoms with Gasteiger partial charge in [-0.05, 0) is 36.6 Å². The first kappa shape index (κ1) is 14.1. The van der Waals surface area contributed by atoms with Crippen molar-refractivity contribution in [2.45, 2.75) is 37.8 Å². The highest BCUT2D eigenvalue weighted by atomic mass is 32.2. The molecule has 1 unspecified atom stereocenters. The van der Waals surface area contributed by atoms with E-state index in [1.165, 1.54) is 12.1 Å². The second kappa shape index (κ2) is 5.60. The zero-order valence-electron chi connectivity index (χ0n) is 10.1. The lowest BCUT2D eigenvalue weighted by molar-refractivity contribution is 0.579. The molecule has 96 valence electrons. The first-order valence-corrected chi connectivity index (χ1v) is 7.30. The fraction of sp³-hybridized carbons (Fsp3) is 0.500. The summed E-state index contributed by atoms with van der Waals surface area (Å²) in [4.78, 5) is 0. The standard InChI is InChI=1S/C12H18FNO2S/c1-3-9(2)17(15,16)8-11-4-10(7-14)5-12(13)6-11/h4-6,9H,3,7-8,14H2,1-2H3. The van der Waals surface area contributed by atoms with Gasteiger partial charge in [-0.3, -0.25) is 0 Å². The minimum atomic E-state index is -3.21. The van der Waals surface area contributed by atoms with Crippen molar-refractivity contribution >= 4 is 9.84 Å². The summed E-state index contributed by atoms with van der Waals surface area (Å²) < 4.78 is 37.0. The maximum absolute atomic E-state index is 13.2. The van der Waals surface area contributed by atoms with Crippen molar-refractivity contribution in [3.8, 4) is 0 Å². The molecule has 1 atom stereocenters. The molecule has 17 heavy (non-hydrogen) atoms. The second-order valence-corrected chi connectivity index (χ2v) is 6.62. The summed E-state index contributed by atoms with van der Waals surface area (Å²) in [5.74, 6) is -0.574. The van der Waals surface area contributed by atoms with E-state index >= 15 is 0 Å². The maximum Gasteiger partial charge on any atom is 0.157 e. The quantitative estimate of drug-likeness (QED) is 0.879. The minimum absolute atomic E-state index is 0.132. The molecule has 0 aliphatic rings. The molecule has 1 aromatic carbocycles. The molecule has 0 spiro atoms. The molecule has 0 heterocycles. The largest absolute Gasteiger partial charge is 0.326 e. The van der Waals surface area contributed by atoms with Crippen molar-refractivity contribution in [2.75, 3.05) is 0 Å². The molecular formula is C12H18FNO2S. The average Bonchev–Trinajstić information content (AvgIpc) is 2.26. The van der Waals surface area contributed by atoms with E-state index in [4.69, 9.17) is 5.73 Å². The third-order valence-corrected chi connectivity index (χ3v) is 5.10. The SMILES string of the molecule is CCC(C)S(=O)(=O)Cc1cc(F)cc(CN)c1.